The molecule has 0 amide bonds. The van der Waals surface area contributed by atoms with Crippen LogP contribution in [0.4, 0.5) is 0 Å². The lowest BCUT2D eigenvalue weighted by atomic mass is 9.76. The van der Waals surface area contributed by atoms with Gasteiger partial charge in [0, 0.05) is 19.7 Å². The zero-order valence-electron chi connectivity index (χ0n) is 12.4. The Bertz CT molecular complexity index is 702. The fourth-order valence-corrected chi connectivity index (χ4v) is 5.19. The largest absolute Gasteiger partial charge is 0.481 e. The lowest BCUT2D eigenvalue weighted by Gasteiger charge is -2.34. The van der Waals surface area contributed by atoms with E-state index in [-0.39, 0.29) is 30.5 Å². The van der Waals surface area contributed by atoms with Gasteiger partial charge >= 0.3 is 5.97 Å². The van der Waals surface area contributed by atoms with Gasteiger partial charge in [0.2, 0.25) is 10.0 Å². The second-order valence-corrected chi connectivity index (χ2v) is 7.97. The Morgan fingerprint density at radius 2 is 2.14 bits per heavy atom. The second kappa shape index (κ2) is 5.33. The Kier molecular flexibility index (Phi) is 3.74. The van der Waals surface area contributed by atoms with Crippen molar-refractivity contribution in [1.82, 2.24) is 4.31 Å². The molecule has 1 aromatic rings. The number of ether oxygens (including phenoxy) is 1. The van der Waals surface area contributed by atoms with Gasteiger partial charge in [-0.1, -0.05) is 18.2 Å². The van der Waals surface area contributed by atoms with Crippen molar-refractivity contribution in [2.75, 3.05) is 26.3 Å². The minimum Gasteiger partial charge on any atom is -0.481 e. The predicted octanol–water partition coefficient (Wildman–Crippen LogP) is 1.11. The molecule has 0 unspecified atom stereocenters. The Hall–Kier alpha value is -1.44. The van der Waals surface area contributed by atoms with Crippen LogP contribution in [0.25, 0.3) is 0 Å². The van der Waals surface area contributed by atoms with Gasteiger partial charge in [-0.15, -0.1) is 0 Å². The van der Waals surface area contributed by atoms with E-state index in [9.17, 15) is 18.3 Å². The molecule has 0 radical (unpaired) electrons. The van der Waals surface area contributed by atoms with Crippen molar-refractivity contribution in [2.24, 2.45) is 11.3 Å². The molecule has 0 bridgehead atoms. The van der Waals surface area contributed by atoms with Crippen LogP contribution in [0.2, 0.25) is 0 Å². The van der Waals surface area contributed by atoms with Gasteiger partial charge in [-0.05, 0) is 30.9 Å². The van der Waals surface area contributed by atoms with Gasteiger partial charge in [0.1, 0.15) is 5.41 Å². The van der Waals surface area contributed by atoms with Crippen molar-refractivity contribution in [1.29, 1.82) is 0 Å². The van der Waals surface area contributed by atoms with E-state index in [2.05, 4.69) is 0 Å². The number of carboxylic acid groups (broad SMARTS) is 1. The number of carbonyl (C=O) groups is 1. The molecule has 0 spiro atoms. The molecule has 0 aromatic heterocycles. The summed E-state index contributed by atoms with van der Waals surface area (Å²) in [6.07, 6.45) is 0.575. The molecule has 120 valence electrons. The molecular formula is C15H19NO5S. The number of aryl methyl sites for hydroxylation is 1. The second-order valence-electron chi connectivity index (χ2n) is 6.06. The molecule has 1 N–H and O–H groups in total. The molecule has 2 fully saturated rings. The summed E-state index contributed by atoms with van der Waals surface area (Å²) in [5, 5.41) is 9.61. The van der Waals surface area contributed by atoms with Crippen LogP contribution < -0.4 is 0 Å². The third kappa shape index (κ3) is 2.24. The number of benzene rings is 1. The molecule has 2 saturated heterocycles. The number of hydrogen-bond acceptors (Lipinski definition) is 4. The van der Waals surface area contributed by atoms with E-state index in [4.69, 9.17) is 4.74 Å². The molecule has 7 heteroatoms. The van der Waals surface area contributed by atoms with Crippen LogP contribution >= 0.6 is 0 Å². The lowest BCUT2D eigenvalue weighted by molar-refractivity contribution is -0.159. The third-order valence-electron chi connectivity index (χ3n) is 4.77. The quantitative estimate of drug-likeness (QED) is 0.900. The first-order valence-electron chi connectivity index (χ1n) is 7.25. The fourth-order valence-electron chi connectivity index (χ4n) is 3.41. The standard InChI is InChI=1S/C15H19NO5S/c1-11-4-2-3-5-13(11)22(19,20)16-8-12-6-7-21-10-15(12,9-16)14(17)18/h2-5,12H,6-10H2,1H3,(H,17,18)/t12-,15+/m0/s1. The number of hydrogen-bond donors (Lipinski definition) is 1. The monoisotopic (exact) mass is 325 g/mol. The van der Waals surface area contributed by atoms with Crippen molar-refractivity contribution < 1.29 is 23.1 Å². The summed E-state index contributed by atoms with van der Waals surface area (Å²) in [5.74, 6) is -1.17. The van der Waals surface area contributed by atoms with Gasteiger partial charge in [0.05, 0.1) is 11.5 Å². The highest BCUT2D eigenvalue weighted by atomic mass is 32.2. The highest BCUT2D eigenvalue weighted by Gasteiger charge is 2.56. The van der Waals surface area contributed by atoms with Crippen LogP contribution in [0.5, 0.6) is 0 Å². The molecule has 2 aliphatic rings. The van der Waals surface area contributed by atoms with Crippen LogP contribution in [-0.4, -0.2) is 50.1 Å². The summed E-state index contributed by atoms with van der Waals surface area (Å²) in [5.41, 5.74) is -0.452. The van der Waals surface area contributed by atoms with Gasteiger partial charge in [-0.3, -0.25) is 4.79 Å². The number of rotatable bonds is 3. The maximum atomic E-state index is 12.9. The van der Waals surface area contributed by atoms with Gasteiger partial charge in [-0.2, -0.15) is 4.31 Å². The Morgan fingerprint density at radius 3 is 2.77 bits per heavy atom. The van der Waals surface area contributed by atoms with E-state index in [0.717, 1.165) is 0 Å². The van der Waals surface area contributed by atoms with E-state index in [1.54, 1.807) is 31.2 Å². The summed E-state index contributed by atoms with van der Waals surface area (Å²) in [6, 6.07) is 6.77. The maximum absolute atomic E-state index is 12.9. The lowest BCUT2D eigenvalue weighted by Crippen LogP contribution is -2.46. The van der Waals surface area contributed by atoms with Crippen LogP contribution in [0.3, 0.4) is 0 Å². The smallest absolute Gasteiger partial charge is 0.313 e. The Balaban J connectivity index is 1.97. The first kappa shape index (κ1) is 15.5. The van der Waals surface area contributed by atoms with Gasteiger partial charge < -0.3 is 9.84 Å². The number of aliphatic carboxylic acids is 1. The van der Waals surface area contributed by atoms with Crippen molar-refractivity contribution in [3.8, 4) is 0 Å². The van der Waals surface area contributed by atoms with E-state index < -0.39 is 21.4 Å². The maximum Gasteiger partial charge on any atom is 0.313 e. The predicted molar refractivity (Wildman–Crippen MR) is 78.9 cm³/mol. The van der Waals surface area contributed by atoms with Crippen molar-refractivity contribution in [3.05, 3.63) is 29.8 Å². The molecule has 0 saturated carbocycles. The molecule has 22 heavy (non-hydrogen) atoms. The molecule has 3 rings (SSSR count). The Morgan fingerprint density at radius 1 is 1.41 bits per heavy atom. The SMILES string of the molecule is Cc1ccccc1S(=O)(=O)N1C[C@@H]2CCOC[C@]2(C(=O)O)C1. The topological polar surface area (TPSA) is 83.9 Å². The summed E-state index contributed by atoms with van der Waals surface area (Å²) < 4.78 is 32.4. The Labute approximate surface area is 129 Å². The summed E-state index contributed by atoms with van der Waals surface area (Å²) in [7, 11) is -3.68. The average Bonchev–Trinajstić information content (AvgIpc) is 2.89. The molecule has 0 aliphatic carbocycles. The number of fused-ring (bicyclic) bond motifs is 1. The molecule has 6 nitrogen and oxygen atoms in total. The summed E-state index contributed by atoms with van der Waals surface area (Å²) >= 11 is 0. The molecule has 2 aliphatic heterocycles. The van der Waals surface area contributed by atoms with Crippen LogP contribution in [0.15, 0.2) is 29.2 Å². The average molecular weight is 325 g/mol. The number of carboxylic acids is 1. The summed E-state index contributed by atoms with van der Waals surface area (Å²) in [6.45, 7) is 2.52. The van der Waals surface area contributed by atoms with E-state index in [0.29, 0.717) is 18.6 Å². The van der Waals surface area contributed by atoms with Gasteiger partial charge in [0.25, 0.3) is 0 Å². The minimum atomic E-state index is -3.68. The normalized spacial score (nSPS) is 29.2. The molecule has 1 aromatic carbocycles. The van der Waals surface area contributed by atoms with Crippen molar-refractivity contribution >= 4 is 16.0 Å². The first-order valence-corrected chi connectivity index (χ1v) is 8.69. The highest BCUT2D eigenvalue weighted by Crippen LogP contribution is 2.43. The van der Waals surface area contributed by atoms with E-state index in [1.807, 2.05) is 0 Å². The van der Waals surface area contributed by atoms with Crippen molar-refractivity contribution in [2.45, 2.75) is 18.2 Å². The number of nitrogens with zero attached hydrogens (tertiary/aromatic N) is 1. The minimum absolute atomic E-state index is 0.0241. The number of sulfonamides is 1. The van der Waals surface area contributed by atoms with Gasteiger partial charge in [0.15, 0.2) is 0 Å². The summed E-state index contributed by atoms with van der Waals surface area (Å²) in [4.78, 5) is 12.0. The molecular weight excluding hydrogens is 306 g/mol. The van der Waals surface area contributed by atoms with E-state index >= 15 is 0 Å². The highest BCUT2D eigenvalue weighted by molar-refractivity contribution is 7.89. The fraction of sp³-hybridized carbons (Fsp3) is 0.533. The zero-order valence-corrected chi connectivity index (χ0v) is 13.2. The van der Waals surface area contributed by atoms with Crippen LogP contribution in [0.1, 0.15) is 12.0 Å². The molecule has 2 heterocycles. The van der Waals surface area contributed by atoms with Crippen LogP contribution in [-0.2, 0) is 19.6 Å². The first-order chi connectivity index (χ1) is 10.4. The van der Waals surface area contributed by atoms with E-state index in [1.165, 1.54) is 4.31 Å². The third-order valence-corrected chi connectivity index (χ3v) is 6.74. The van der Waals surface area contributed by atoms with Gasteiger partial charge in [-0.25, -0.2) is 8.42 Å². The molecule has 2 atom stereocenters. The van der Waals surface area contributed by atoms with Crippen LogP contribution in [0, 0.1) is 18.3 Å². The van der Waals surface area contributed by atoms with Crippen molar-refractivity contribution in [3.63, 3.8) is 0 Å². The zero-order chi connectivity index (χ0) is 16.0.